The third-order valence-electron chi connectivity index (χ3n) is 4.40. The van der Waals surface area contributed by atoms with E-state index >= 15 is 0 Å². The van der Waals surface area contributed by atoms with E-state index in [0.29, 0.717) is 12.1 Å². The van der Waals surface area contributed by atoms with Crippen molar-refractivity contribution >= 4 is 11.9 Å². The molecule has 0 spiro atoms. The van der Waals surface area contributed by atoms with Crippen molar-refractivity contribution in [1.82, 2.24) is 15.5 Å². The molecule has 2 aromatic rings. The Morgan fingerprint density at radius 2 is 1.58 bits per heavy atom. The van der Waals surface area contributed by atoms with Crippen LogP contribution in [0.4, 0.5) is 4.79 Å². The SMILES string of the molecule is CC(NC(=O)NCc1ccc(C(=O)N(C)C(C)C)cc1)c1ccccc1. The Morgan fingerprint density at radius 3 is 2.15 bits per heavy atom. The van der Waals surface area contributed by atoms with Gasteiger partial charge in [0.05, 0.1) is 6.04 Å². The van der Waals surface area contributed by atoms with Crippen LogP contribution in [0.25, 0.3) is 0 Å². The minimum absolute atomic E-state index is 0.00561. The summed E-state index contributed by atoms with van der Waals surface area (Å²) in [7, 11) is 1.79. The minimum atomic E-state index is -0.221. The molecule has 0 aliphatic rings. The van der Waals surface area contributed by atoms with Gasteiger partial charge in [-0.1, -0.05) is 42.5 Å². The fourth-order valence-corrected chi connectivity index (χ4v) is 2.46. The third kappa shape index (κ3) is 5.34. The number of carbonyl (C=O) groups is 2. The largest absolute Gasteiger partial charge is 0.339 e. The Hall–Kier alpha value is -2.82. The molecule has 0 aromatic heterocycles. The van der Waals surface area contributed by atoms with Gasteiger partial charge in [0, 0.05) is 25.2 Å². The topological polar surface area (TPSA) is 61.4 Å². The molecule has 0 aliphatic heterocycles. The zero-order chi connectivity index (χ0) is 19.1. The van der Waals surface area contributed by atoms with Crippen molar-refractivity contribution in [3.05, 3.63) is 71.3 Å². The molecule has 0 saturated heterocycles. The van der Waals surface area contributed by atoms with Gasteiger partial charge in [0.15, 0.2) is 0 Å². The van der Waals surface area contributed by atoms with Crippen LogP contribution in [0.1, 0.15) is 48.3 Å². The van der Waals surface area contributed by atoms with E-state index in [9.17, 15) is 9.59 Å². The summed E-state index contributed by atoms with van der Waals surface area (Å²) in [4.78, 5) is 26.0. The van der Waals surface area contributed by atoms with E-state index in [1.54, 1.807) is 24.1 Å². The van der Waals surface area contributed by atoms with E-state index in [-0.39, 0.29) is 24.0 Å². The van der Waals surface area contributed by atoms with Crippen LogP contribution in [0.2, 0.25) is 0 Å². The predicted octanol–water partition coefficient (Wildman–Crippen LogP) is 3.73. The Kier molecular flexibility index (Phi) is 6.78. The summed E-state index contributed by atoms with van der Waals surface area (Å²) >= 11 is 0. The monoisotopic (exact) mass is 353 g/mol. The minimum Gasteiger partial charge on any atom is -0.339 e. The molecule has 3 amide bonds. The van der Waals surface area contributed by atoms with Gasteiger partial charge >= 0.3 is 6.03 Å². The second-order valence-corrected chi connectivity index (χ2v) is 6.67. The number of hydrogen-bond acceptors (Lipinski definition) is 2. The number of hydrogen-bond donors (Lipinski definition) is 2. The van der Waals surface area contributed by atoms with Crippen LogP contribution in [0.15, 0.2) is 54.6 Å². The van der Waals surface area contributed by atoms with Gasteiger partial charge in [-0.3, -0.25) is 4.79 Å². The van der Waals surface area contributed by atoms with Crippen LogP contribution < -0.4 is 10.6 Å². The highest BCUT2D eigenvalue weighted by Gasteiger charge is 2.14. The summed E-state index contributed by atoms with van der Waals surface area (Å²) in [5, 5.41) is 5.76. The molecule has 0 bridgehead atoms. The molecule has 26 heavy (non-hydrogen) atoms. The van der Waals surface area contributed by atoms with E-state index in [4.69, 9.17) is 0 Å². The first-order chi connectivity index (χ1) is 12.4. The molecule has 0 aliphatic carbocycles. The molecule has 0 fully saturated rings. The van der Waals surface area contributed by atoms with Crippen LogP contribution in [0.5, 0.6) is 0 Å². The lowest BCUT2D eigenvalue weighted by atomic mass is 10.1. The van der Waals surface area contributed by atoms with Gasteiger partial charge in [-0.25, -0.2) is 4.79 Å². The molecule has 1 unspecified atom stereocenters. The summed E-state index contributed by atoms with van der Waals surface area (Å²) in [5.41, 5.74) is 2.64. The second-order valence-electron chi connectivity index (χ2n) is 6.67. The highest BCUT2D eigenvalue weighted by molar-refractivity contribution is 5.94. The molecular formula is C21H27N3O2. The average molecular weight is 353 g/mol. The van der Waals surface area contributed by atoms with Crippen LogP contribution in [0, 0.1) is 0 Å². The van der Waals surface area contributed by atoms with Gasteiger partial charge < -0.3 is 15.5 Å². The van der Waals surface area contributed by atoms with Gasteiger partial charge in [0.1, 0.15) is 0 Å². The Balaban J connectivity index is 1.85. The lowest BCUT2D eigenvalue weighted by Crippen LogP contribution is -2.36. The zero-order valence-corrected chi connectivity index (χ0v) is 15.8. The van der Waals surface area contributed by atoms with Crippen molar-refractivity contribution in [2.75, 3.05) is 7.05 Å². The van der Waals surface area contributed by atoms with E-state index < -0.39 is 0 Å². The van der Waals surface area contributed by atoms with Crippen molar-refractivity contribution in [2.45, 2.75) is 39.4 Å². The maximum absolute atomic E-state index is 12.3. The molecule has 0 saturated carbocycles. The molecular weight excluding hydrogens is 326 g/mol. The number of carbonyl (C=O) groups excluding carboxylic acids is 2. The van der Waals surface area contributed by atoms with Gasteiger partial charge in [-0.15, -0.1) is 0 Å². The summed E-state index contributed by atoms with van der Waals surface area (Å²) in [6.45, 7) is 6.30. The summed E-state index contributed by atoms with van der Waals surface area (Å²) in [6, 6.07) is 17.0. The first-order valence-corrected chi connectivity index (χ1v) is 8.84. The highest BCUT2D eigenvalue weighted by atomic mass is 16.2. The van der Waals surface area contributed by atoms with Crippen molar-refractivity contribution in [3.63, 3.8) is 0 Å². The Bertz CT molecular complexity index is 727. The first-order valence-electron chi connectivity index (χ1n) is 8.84. The summed E-state index contributed by atoms with van der Waals surface area (Å²) < 4.78 is 0. The maximum Gasteiger partial charge on any atom is 0.315 e. The van der Waals surface area contributed by atoms with Crippen molar-refractivity contribution in [3.8, 4) is 0 Å². The predicted molar refractivity (Wildman–Crippen MR) is 104 cm³/mol. The molecule has 5 nitrogen and oxygen atoms in total. The van der Waals surface area contributed by atoms with Gasteiger partial charge in [0.25, 0.3) is 5.91 Å². The zero-order valence-electron chi connectivity index (χ0n) is 15.8. The van der Waals surface area contributed by atoms with Crippen molar-refractivity contribution in [1.29, 1.82) is 0 Å². The van der Waals surface area contributed by atoms with Crippen LogP contribution in [0.3, 0.4) is 0 Å². The summed E-state index contributed by atoms with van der Waals surface area (Å²) in [5.74, 6) is -0.00561. The van der Waals surface area contributed by atoms with E-state index in [1.807, 2.05) is 63.2 Å². The van der Waals surface area contributed by atoms with Gasteiger partial charge in [0.2, 0.25) is 0 Å². The quantitative estimate of drug-likeness (QED) is 0.831. The van der Waals surface area contributed by atoms with Crippen LogP contribution >= 0.6 is 0 Å². The number of urea groups is 1. The number of amides is 3. The lowest BCUT2D eigenvalue weighted by molar-refractivity contribution is 0.0755. The average Bonchev–Trinajstić information content (AvgIpc) is 2.66. The highest BCUT2D eigenvalue weighted by Crippen LogP contribution is 2.11. The number of rotatable bonds is 6. The van der Waals surface area contributed by atoms with Gasteiger partial charge in [-0.05, 0) is 44.0 Å². The molecule has 1 atom stereocenters. The Labute approximate surface area is 155 Å². The molecule has 138 valence electrons. The molecule has 0 heterocycles. The maximum atomic E-state index is 12.3. The van der Waals surface area contributed by atoms with Crippen molar-refractivity contribution < 1.29 is 9.59 Å². The number of benzene rings is 2. The first kappa shape index (κ1) is 19.5. The van der Waals surface area contributed by atoms with E-state index in [1.165, 1.54) is 0 Å². The Morgan fingerprint density at radius 1 is 0.962 bits per heavy atom. The smallest absolute Gasteiger partial charge is 0.315 e. The van der Waals surface area contributed by atoms with Crippen LogP contribution in [-0.2, 0) is 6.54 Å². The lowest BCUT2D eigenvalue weighted by Gasteiger charge is -2.21. The van der Waals surface area contributed by atoms with Crippen LogP contribution in [-0.4, -0.2) is 29.9 Å². The van der Waals surface area contributed by atoms with Crippen molar-refractivity contribution in [2.24, 2.45) is 0 Å². The molecule has 2 rings (SSSR count). The fourth-order valence-electron chi connectivity index (χ4n) is 2.46. The third-order valence-corrected chi connectivity index (χ3v) is 4.40. The standard InChI is InChI=1S/C21H27N3O2/c1-15(2)24(4)20(25)19-12-10-17(11-13-19)14-22-21(26)23-16(3)18-8-6-5-7-9-18/h5-13,15-16H,14H2,1-4H3,(H2,22,23,26). The fraction of sp³-hybridized carbons (Fsp3) is 0.333. The van der Waals surface area contributed by atoms with E-state index in [2.05, 4.69) is 10.6 Å². The van der Waals surface area contributed by atoms with Gasteiger partial charge in [-0.2, -0.15) is 0 Å². The molecule has 2 aromatic carbocycles. The summed E-state index contributed by atoms with van der Waals surface area (Å²) in [6.07, 6.45) is 0. The molecule has 0 radical (unpaired) electrons. The normalized spacial score (nSPS) is 11.7. The molecule has 5 heteroatoms. The number of nitrogens with one attached hydrogen (secondary N) is 2. The molecule has 2 N–H and O–H groups in total. The number of nitrogens with zero attached hydrogens (tertiary/aromatic N) is 1. The second kappa shape index (κ2) is 9.04. The van der Waals surface area contributed by atoms with E-state index in [0.717, 1.165) is 11.1 Å².